The lowest BCUT2D eigenvalue weighted by molar-refractivity contribution is -0.121. The number of anilines is 1. The average Bonchev–Trinajstić information content (AvgIpc) is 3.18. The number of hydrogen-bond donors (Lipinski definition) is 1. The van der Waals surface area contributed by atoms with E-state index in [1.54, 1.807) is 29.8 Å². The zero-order chi connectivity index (χ0) is 14.7. The molecule has 2 aromatic heterocycles. The minimum Gasteiger partial charge on any atom is -0.293 e. The molecular weight excluding hydrogens is 284 g/mol. The van der Waals surface area contributed by atoms with Crippen LogP contribution >= 0.6 is 11.3 Å². The van der Waals surface area contributed by atoms with Crippen LogP contribution in [0.25, 0.3) is 0 Å². The average molecular weight is 302 g/mol. The Bertz CT molecular complexity index is 587. The van der Waals surface area contributed by atoms with Crippen LogP contribution < -0.4 is 5.32 Å². The molecule has 6 heteroatoms. The third-order valence-corrected chi connectivity index (χ3v) is 4.82. The summed E-state index contributed by atoms with van der Waals surface area (Å²) in [6.07, 6.45) is 5.48. The number of hydrogen-bond acceptors (Lipinski definition) is 5. The van der Waals surface area contributed by atoms with Crippen molar-refractivity contribution < 1.29 is 4.79 Å². The lowest BCUT2D eigenvalue weighted by Gasteiger charge is -2.29. The van der Waals surface area contributed by atoms with E-state index in [-0.39, 0.29) is 11.9 Å². The molecule has 5 nitrogen and oxygen atoms in total. The number of thiophene rings is 1. The van der Waals surface area contributed by atoms with Crippen LogP contribution in [0.1, 0.15) is 30.7 Å². The smallest absolute Gasteiger partial charge is 0.243 e. The SMILES string of the molecule is C[C@@H](C(=O)Nc1ncccn1)N1CCC[C@@H]1c1cccs1. The molecular formula is C15H18N4OS. The second kappa shape index (κ2) is 6.32. The molecule has 110 valence electrons. The number of nitrogens with zero attached hydrogens (tertiary/aromatic N) is 3. The predicted octanol–water partition coefficient (Wildman–Crippen LogP) is 2.70. The van der Waals surface area contributed by atoms with E-state index in [4.69, 9.17) is 0 Å². The maximum atomic E-state index is 12.4. The van der Waals surface area contributed by atoms with Gasteiger partial charge in [0.1, 0.15) is 0 Å². The normalized spacial score (nSPS) is 20.3. The van der Waals surface area contributed by atoms with Gasteiger partial charge >= 0.3 is 0 Å². The van der Waals surface area contributed by atoms with Gasteiger partial charge in [-0.15, -0.1) is 11.3 Å². The zero-order valence-corrected chi connectivity index (χ0v) is 12.7. The van der Waals surface area contributed by atoms with Gasteiger partial charge in [0, 0.05) is 23.3 Å². The highest BCUT2D eigenvalue weighted by Gasteiger charge is 2.33. The molecule has 0 radical (unpaired) electrons. The number of carbonyl (C=O) groups excluding carboxylic acids is 1. The molecule has 3 rings (SSSR count). The van der Waals surface area contributed by atoms with Gasteiger partial charge in [-0.05, 0) is 43.8 Å². The number of aromatic nitrogens is 2. The van der Waals surface area contributed by atoms with Crippen LogP contribution in [0.5, 0.6) is 0 Å². The van der Waals surface area contributed by atoms with Gasteiger partial charge in [-0.25, -0.2) is 9.97 Å². The summed E-state index contributed by atoms with van der Waals surface area (Å²) in [5, 5.41) is 4.88. The zero-order valence-electron chi connectivity index (χ0n) is 11.9. The van der Waals surface area contributed by atoms with Gasteiger partial charge in [-0.2, -0.15) is 0 Å². The lowest BCUT2D eigenvalue weighted by Crippen LogP contribution is -2.41. The van der Waals surface area contributed by atoms with Crippen molar-refractivity contribution in [2.24, 2.45) is 0 Å². The molecule has 0 saturated carbocycles. The van der Waals surface area contributed by atoms with Crippen molar-refractivity contribution in [2.45, 2.75) is 31.8 Å². The Morgan fingerprint density at radius 3 is 2.95 bits per heavy atom. The van der Waals surface area contributed by atoms with Gasteiger partial charge in [0.15, 0.2) is 0 Å². The molecule has 1 aliphatic heterocycles. The van der Waals surface area contributed by atoms with Gasteiger partial charge in [0.05, 0.1) is 6.04 Å². The number of amides is 1. The van der Waals surface area contributed by atoms with Gasteiger partial charge in [-0.1, -0.05) is 6.07 Å². The summed E-state index contributed by atoms with van der Waals surface area (Å²) in [5.41, 5.74) is 0. The molecule has 1 amide bonds. The quantitative estimate of drug-likeness (QED) is 0.943. The van der Waals surface area contributed by atoms with Crippen molar-refractivity contribution in [2.75, 3.05) is 11.9 Å². The summed E-state index contributed by atoms with van der Waals surface area (Å²) < 4.78 is 0. The predicted molar refractivity (Wildman–Crippen MR) is 83.1 cm³/mol. The highest BCUT2D eigenvalue weighted by atomic mass is 32.1. The first-order valence-electron chi connectivity index (χ1n) is 7.13. The third kappa shape index (κ3) is 3.11. The Labute approximate surface area is 128 Å². The molecule has 0 aliphatic carbocycles. The van der Waals surface area contributed by atoms with Gasteiger partial charge < -0.3 is 0 Å². The van der Waals surface area contributed by atoms with Crippen molar-refractivity contribution >= 4 is 23.2 Å². The van der Waals surface area contributed by atoms with Crippen molar-refractivity contribution in [3.05, 3.63) is 40.8 Å². The monoisotopic (exact) mass is 302 g/mol. The molecule has 1 fully saturated rings. The van der Waals surface area contributed by atoms with E-state index in [1.807, 2.05) is 6.92 Å². The molecule has 0 bridgehead atoms. The Hall–Kier alpha value is -1.79. The molecule has 1 saturated heterocycles. The Morgan fingerprint density at radius 1 is 1.43 bits per heavy atom. The molecule has 0 aromatic carbocycles. The van der Waals surface area contributed by atoms with Gasteiger partial charge in [0.25, 0.3) is 0 Å². The summed E-state index contributed by atoms with van der Waals surface area (Å²) in [7, 11) is 0. The van der Waals surface area contributed by atoms with Crippen LogP contribution in [-0.2, 0) is 4.79 Å². The Balaban J connectivity index is 1.69. The van der Waals surface area contributed by atoms with E-state index in [1.165, 1.54) is 4.88 Å². The highest BCUT2D eigenvalue weighted by molar-refractivity contribution is 7.10. The molecule has 1 aliphatic rings. The first-order valence-corrected chi connectivity index (χ1v) is 8.00. The fourth-order valence-electron chi connectivity index (χ4n) is 2.77. The number of rotatable bonds is 4. The second-order valence-corrected chi connectivity index (χ2v) is 6.13. The summed E-state index contributed by atoms with van der Waals surface area (Å²) >= 11 is 1.76. The van der Waals surface area contributed by atoms with Crippen molar-refractivity contribution in [1.82, 2.24) is 14.9 Å². The summed E-state index contributed by atoms with van der Waals surface area (Å²) in [4.78, 5) is 24.1. The maximum Gasteiger partial charge on any atom is 0.243 e. The Kier molecular flexibility index (Phi) is 4.26. The van der Waals surface area contributed by atoms with Crippen LogP contribution in [0.15, 0.2) is 36.0 Å². The summed E-state index contributed by atoms with van der Waals surface area (Å²) in [6.45, 7) is 2.90. The van der Waals surface area contributed by atoms with E-state index in [0.29, 0.717) is 12.0 Å². The van der Waals surface area contributed by atoms with E-state index in [2.05, 4.69) is 37.7 Å². The minimum atomic E-state index is -0.191. The van der Waals surface area contributed by atoms with Crippen LogP contribution in [0.4, 0.5) is 5.95 Å². The van der Waals surface area contributed by atoms with E-state index in [9.17, 15) is 4.79 Å². The summed E-state index contributed by atoms with van der Waals surface area (Å²) in [5.74, 6) is 0.311. The first-order chi connectivity index (χ1) is 10.3. The van der Waals surface area contributed by atoms with Crippen molar-refractivity contribution in [1.29, 1.82) is 0 Å². The molecule has 21 heavy (non-hydrogen) atoms. The second-order valence-electron chi connectivity index (χ2n) is 5.15. The fraction of sp³-hybridized carbons (Fsp3) is 0.400. The molecule has 0 unspecified atom stereocenters. The molecule has 2 atom stereocenters. The van der Waals surface area contributed by atoms with Gasteiger partial charge in [-0.3, -0.25) is 15.0 Å². The van der Waals surface area contributed by atoms with Crippen LogP contribution in [0.3, 0.4) is 0 Å². The molecule has 2 aromatic rings. The number of nitrogens with one attached hydrogen (secondary N) is 1. The molecule has 1 N–H and O–H groups in total. The lowest BCUT2D eigenvalue weighted by atomic mass is 10.1. The fourth-order valence-corrected chi connectivity index (χ4v) is 3.65. The van der Waals surface area contributed by atoms with Gasteiger partial charge in [0.2, 0.25) is 11.9 Å². The summed E-state index contributed by atoms with van der Waals surface area (Å²) in [6, 6.07) is 6.11. The molecule has 3 heterocycles. The standard InChI is InChI=1S/C15H18N4OS/c1-11(14(20)18-15-16-7-4-8-17-15)19-9-2-5-12(19)13-6-3-10-21-13/h3-4,6-8,10-12H,2,5,9H2,1H3,(H,16,17,18,20)/t11-,12+/m0/s1. The minimum absolute atomic E-state index is 0.0512. The largest absolute Gasteiger partial charge is 0.293 e. The van der Waals surface area contributed by atoms with Crippen molar-refractivity contribution in [3.8, 4) is 0 Å². The number of carbonyl (C=O) groups is 1. The highest BCUT2D eigenvalue weighted by Crippen LogP contribution is 2.35. The van der Waals surface area contributed by atoms with Crippen LogP contribution in [0, 0.1) is 0 Å². The first kappa shape index (κ1) is 14.2. The number of likely N-dealkylation sites (tertiary alicyclic amines) is 1. The Morgan fingerprint density at radius 2 is 2.24 bits per heavy atom. The maximum absolute atomic E-state index is 12.4. The van der Waals surface area contributed by atoms with Crippen molar-refractivity contribution in [3.63, 3.8) is 0 Å². The topological polar surface area (TPSA) is 58.1 Å². The van der Waals surface area contributed by atoms with E-state index in [0.717, 1.165) is 19.4 Å². The van der Waals surface area contributed by atoms with Crippen LogP contribution in [0.2, 0.25) is 0 Å². The van der Waals surface area contributed by atoms with E-state index >= 15 is 0 Å². The third-order valence-electron chi connectivity index (χ3n) is 3.84. The van der Waals surface area contributed by atoms with Crippen LogP contribution in [-0.4, -0.2) is 33.4 Å². The molecule has 0 spiro atoms. The van der Waals surface area contributed by atoms with E-state index < -0.39 is 0 Å².